The number of rotatable bonds is 13. The molecule has 0 radical (unpaired) electrons. The molecule has 1 aromatic rings. The van der Waals surface area contributed by atoms with Crippen LogP contribution in [0.4, 0.5) is 13.2 Å². The van der Waals surface area contributed by atoms with E-state index in [1.807, 2.05) is 6.92 Å². The second-order valence-electron chi connectivity index (χ2n) is 8.47. The molecule has 1 N–H and O–H groups in total. The van der Waals surface area contributed by atoms with E-state index in [-0.39, 0.29) is 36.0 Å². The van der Waals surface area contributed by atoms with Crippen LogP contribution < -0.4 is 4.72 Å². The Kier molecular flexibility index (Phi) is 9.92. The summed E-state index contributed by atoms with van der Waals surface area (Å²) in [5, 5.41) is 0. The van der Waals surface area contributed by atoms with Gasteiger partial charge in [0.15, 0.2) is 9.84 Å². The number of halogens is 3. The van der Waals surface area contributed by atoms with Gasteiger partial charge in [-0.15, -0.1) is 0 Å². The lowest BCUT2D eigenvalue weighted by Gasteiger charge is -2.34. The molecule has 1 aromatic carbocycles. The Morgan fingerprint density at radius 2 is 1.69 bits per heavy atom. The number of carbonyl (C=O) groups excluding carboxylic acids is 1. The van der Waals surface area contributed by atoms with Crippen molar-refractivity contribution < 1.29 is 34.8 Å². The Morgan fingerprint density at radius 1 is 1.06 bits per heavy atom. The molecule has 0 aliphatic rings. The molecule has 1 rings (SSSR count). The van der Waals surface area contributed by atoms with Crippen molar-refractivity contribution in [2.45, 2.75) is 75.1 Å². The Bertz CT molecular complexity index is 987. The second kappa shape index (κ2) is 11.1. The third-order valence-electron chi connectivity index (χ3n) is 5.56. The van der Waals surface area contributed by atoms with Crippen LogP contribution in [0, 0.1) is 5.92 Å². The predicted molar refractivity (Wildman–Crippen MR) is 117 cm³/mol. The maximum atomic E-state index is 13.3. The molecular formula is C21H32F3NO5S2. The topological polar surface area (TPSA) is 97.4 Å². The van der Waals surface area contributed by atoms with E-state index in [1.165, 1.54) is 19.9 Å². The molecule has 1 unspecified atom stereocenters. The molecule has 6 nitrogen and oxygen atoms in total. The molecule has 0 aromatic heterocycles. The van der Waals surface area contributed by atoms with Crippen LogP contribution in [0.3, 0.4) is 0 Å². The maximum absolute atomic E-state index is 13.3. The van der Waals surface area contributed by atoms with Crippen LogP contribution in [0.15, 0.2) is 29.2 Å². The molecule has 0 spiro atoms. The summed E-state index contributed by atoms with van der Waals surface area (Å²) in [4.78, 5) is 11.6. The van der Waals surface area contributed by atoms with Gasteiger partial charge in [0.05, 0.1) is 21.5 Å². The second-order valence-corrected chi connectivity index (χ2v) is 12.8. The molecule has 0 saturated carbocycles. The number of hydrogen-bond donors (Lipinski definition) is 1. The van der Waals surface area contributed by atoms with Crippen molar-refractivity contribution in [1.82, 2.24) is 4.72 Å². The summed E-state index contributed by atoms with van der Waals surface area (Å²) in [6.45, 7) is 4.93. The van der Waals surface area contributed by atoms with Gasteiger partial charge < -0.3 is 0 Å². The minimum atomic E-state index is -4.65. The molecule has 11 heteroatoms. The van der Waals surface area contributed by atoms with E-state index in [0.717, 1.165) is 18.4 Å². The number of sulfone groups is 1. The van der Waals surface area contributed by atoms with Crippen molar-refractivity contribution >= 4 is 25.6 Å². The van der Waals surface area contributed by atoms with Gasteiger partial charge >= 0.3 is 6.18 Å². The Labute approximate surface area is 188 Å². The average molecular weight is 500 g/mol. The quantitative estimate of drug-likeness (QED) is 0.435. The van der Waals surface area contributed by atoms with Crippen LogP contribution in [0.1, 0.15) is 64.9 Å². The van der Waals surface area contributed by atoms with Crippen LogP contribution in [-0.2, 0) is 30.8 Å². The summed E-state index contributed by atoms with van der Waals surface area (Å²) >= 11 is 0. The van der Waals surface area contributed by atoms with Gasteiger partial charge in [-0.25, -0.2) is 21.6 Å². The van der Waals surface area contributed by atoms with Crippen LogP contribution in [0.2, 0.25) is 0 Å². The molecule has 0 aliphatic carbocycles. The van der Waals surface area contributed by atoms with Gasteiger partial charge in [-0.3, -0.25) is 4.79 Å². The fourth-order valence-electron chi connectivity index (χ4n) is 3.60. The summed E-state index contributed by atoms with van der Waals surface area (Å²) in [7, 11) is -7.46. The molecular weight excluding hydrogens is 467 g/mol. The summed E-state index contributed by atoms with van der Waals surface area (Å²) in [6.07, 6.45) is -1.41. The fraction of sp³-hybridized carbons (Fsp3) is 0.667. The number of benzene rings is 1. The minimum absolute atomic E-state index is 0.00543. The Morgan fingerprint density at radius 3 is 2.22 bits per heavy atom. The lowest BCUT2D eigenvalue weighted by molar-refractivity contribution is -0.137. The average Bonchev–Trinajstić information content (AvgIpc) is 2.65. The highest BCUT2D eigenvalue weighted by Crippen LogP contribution is 2.39. The zero-order valence-corrected chi connectivity index (χ0v) is 20.5. The number of ketones is 1. The van der Waals surface area contributed by atoms with E-state index in [0.29, 0.717) is 31.7 Å². The summed E-state index contributed by atoms with van der Waals surface area (Å²) in [5.74, 6) is -0.510. The fourth-order valence-corrected chi connectivity index (χ4v) is 5.89. The van der Waals surface area contributed by atoms with Crippen LogP contribution in [-0.4, -0.2) is 40.2 Å². The third-order valence-corrected chi connectivity index (χ3v) is 8.88. The number of hydrogen-bond acceptors (Lipinski definition) is 5. The number of carbonyl (C=O) groups is 1. The van der Waals surface area contributed by atoms with Gasteiger partial charge in [-0.1, -0.05) is 19.4 Å². The largest absolute Gasteiger partial charge is 0.416 e. The molecule has 1 atom stereocenters. The Balaban J connectivity index is 2.93. The highest BCUT2D eigenvalue weighted by atomic mass is 32.2. The minimum Gasteiger partial charge on any atom is -0.300 e. The highest BCUT2D eigenvalue weighted by molar-refractivity contribution is 7.92. The van der Waals surface area contributed by atoms with Gasteiger partial charge in [0.1, 0.15) is 5.78 Å². The first-order valence-corrected chi connectivity index (χ1v) is 13.8. The van der Waals surface area contributed by atoms with Crippen LogP contribution in [0.5, 0.6) is 0 Å². The van der Waals surface area contributed by atoms with E-state index >= 15 is 0 Å². The van der Waals surface area contributed by atoms with Gasteiger partial charge in [-0.05, 0) is 57.2 Å². The first-order valence-electron chi connectivity index (χ1n) is 10.4. The molecule has 0 saturated heterocycles. The van der Waals surface area contributed by atoms with Crippen LogP contribution in [0.25, 0.3) is 0 Å². The van der Waals surface area contributed by atoms with Crippen molar-refractivity contribution in [1.29, 1.82) is 0 Å². The molecule has 0 aliphatic heterocycles. The van der Waals surface area contributed by atoms with Crippen molar-refractivity contribution in [2.75, 3.05) is 12.8 Å². The normalized spacial score (nSPS) is 14.3. The third kappa shape index (κ3) is 8.15. The zero-order chi connectivity index (χ0) is 24.8. The van der Waals surface area contributed by atoms with Crippen molar-refractivity contribution in [3.05, 3.63) is 29.8 Å². The standard InChI is InChI=1S/C21H32F3NO5S2/c1-5-8-16(9-6-11-18(26)13-14-25-31(4,27)28)20(2,3)32(29,30)19-12-7-10-17(15-19)21(22,23)24/h7,10,12,15-16,25H,5-6,8-9,11,13-14H2,1-4H3. The van der Waals surface area contributed by atoms with Crippen molar-refractivity contribution in [2.24, 2.45) is 5.92 Å². The van der Waals surface area contributed by atoms with E-state index in [1.54, 1.807) is 0 Å². The lowest BCUT2D eigenvalue weighted by atomic mass is 9.85. The predicted octanol–water partition coefficient (Wildman–Crippen LogP) is 4.35. The van der Waals surface area contributed by atoms with E-state index in [4.69, 9.17) is 0 Å². The van der Waals surface area contributed by atoms with Gasteiger partial charge in [0, 0.05) is 19.4 Å². The monoisotopic (exact) mass is 499 g/mol. The number of sulfonamides is 1. The van der Waals surface area contributed by atoms with Crippen molar-refractivity contribution in [3.8, 4) is 0 Å². The van der Waals surface area contributed by atoms with Gasteiger partial charge in [0.25, 0.3) is 0 Å². The highest BCUT2D eigenvalue weighted by Gasteiger charge is 2.43. The van der Waals surface area contributed by atoms with Gasteiger partial charge in [0.2, 0.25) is 10.0 Å². The first kappa shape index (κ1) is 28.6. The molecule has 184 valence electrons. The maximum Gasteiger partial charge on any atom is 0.416 e. The number of nitrogens with one attached hydrogen (secondary N) is 1. The molecule has 0 fully saturated rings. The van der Waals surface area contributed by atoms with E-state index < -0.39 is 36.3 Å². The number of alkyl halides is 3. The molecule has 32 heavy (non-hydrogen) atoms. The van der Waals surface area contributed by atoms with E-state index in [9.17, 15) is 34.8 Å². The summed E-state index contributed by atoms with van der Waals surface area (Å²) < 4.78 is 88.7. The summed E-state index contributed by atoms with van der Waals surface area (Å²) in [6, 6.07) is 3.76. The molecule has 0 heterocycles. The Hall–Kier alpha value is -1.46. The van der Waals surface area contributed by atoms with Crippen LogP contribution >= 0.6 is 0 Å². The van der Waals surface area contributed by atoms with Gasteiger partial charge in [-0.2, -0.15) is 13.2 Å². The molecule has 0 amide bonds. The lowest BCUT2D eigenvalue weighted by Crippen LogP contribution is -2.40. The molecule has 0 bridgehead atoms. The van der Waals surface area contributed by atoms with E-state index in [2.05, 4.69) is 4.72 Å². The smallest absolute Gasteiger partial charge is 0.300 e. The van der Waals surface area contributed by atoms with Crippen molar-refractivity contribution in [3.63, 3.8) is 0 Å². The summed E-state index contributed by atoms with van der Waals surface area (Å²) in [5.41, 5.74) is -1.02. The zero-order valence-electron chi connectivity index (χ0n) is 18.8. The number of Topliss-reactive ketones (excluding diaryl/α,β-unsaturated/α-hetero) is 1. The first-order chi connectivity index (χ1) is 14.5. The SMILES string of the molecule is CCCC(CCCC(=O)CCNS(C)(=O)=O)C(C)(C)S(=O)(=O)c1cccc(C(F)(F)F)c1.